The molecule has 2 aromatic rings. The Morgan fingerprint density at radius 2 is 1.71 bits per heavy atom. The molecule has 0 unspecified atom stereocenters. The molecule has 0 saturated heterocycles. The average molecular weight is 343 g/mol. The third-order valence-electron chi connectivity index (χ3n) is 3.31. The van der Waals surface area contributed by atoms with Crippen LogP contribution in [-0.4, -0.2) is 5.78 Å². The fourth-order valence-electron chi connectivity index (χ4n) is 2.01. The van der Waals surface area contributed by atoms with Crippen molar-refractivity contribution < 1.29 is 4.79 Å². The molecule has 0 saturated carbocycles. The summed E-state index contributed by atoms with van der Waals surface area (Å²) in [5.41, 5.74) is 3.06. The average Bonchev–Trinajstić information content (AvgIpc) is 2.44. The molecule has 2 rings (SSSR count). The third-order valence-corrected chi connectivity index (χ3v) is 3.80. The molecule has 0 spiro atoms. The number of benzene rings is 2. The lowest BCUT2D eigenvalue weighted by Gasteiger charge is -2.18. The molecule has 0 amide bonds. The largest absolute Gasteiger partial charge is 0.289 e. The minimum Gasteiger partial charge on any atom is -0.289 e. The van der Waals surface area contributed by atoms with Crippen LogP contribution >= 0.6 is 15.9 Å². The van der Waals surface area contributed by atoms with E-state index < -0.39 is 0 Å². The maximum Gasteiger partial charge on any atom is 0.185 e. The molecule has 0 atom stereocenters. The second-order valence-corrected chi connectivity index (χ2v) is 7.00. The molecule has 2 heteroatoms. The molecular weight excluding hydrogens is 324 g/mol. The highest BCUT2D eigenvalue weighted by Crippen LogP contribution is 2.22. The summed E-state index contributed by atoms with van der Waals surface area (Å²) in [6, 6.07) is 15.7. The Morgan fingerprint density at radius 3 is 2.29 bits per heavy atom. The standard InChI is InChI=1S/C19H19BrO/c1-19(2,3)16-10-8-15(9-11-16)18(21)12-7-14-5-4-6-17(20)13-14/h4-13H,1-3H3/b12-7+. The molecule has 108 valence electrons. The van der Waals surface area contributed by atoms with E-state index in [1.165, 1.54) is 5.56 Å². The van der Waals surface area contributed by atoms with E-state index >= 15 is 0 Å². The number of halogens is 1. The van der Waals surface area contributed by atoms with Crippen LogP contribution in [0.3, 0.4) is 0 Å². The molecule has 0 fully saturated rings. The van der Waals surface area contributed by atoms with Gasteiger partial charge in [0.2, 0.25) is 0 Å². The Balaban J connectivity index is 2.14. The summed E-state index contributed by atoms with van der Waals surface area (Å²) in [4.78, 5) is 12.2. The molecule has 0 N–H and O–H groups in total. The van der Waals surface area contributed by atoms with Crippen LogP contribution in [0.2, 0.25) is 0 Å². The van der Waals surface area contributed by atoms with E-state index in [1.54, 1.807) is 6.08 Å². The highest BCUT2D eigenvalue weighted by atomic mass is 79.9. The number of rotatable bonds is 3. The van der Waals surface area contributed by atoms with Gasteiger partial charge in [0, 0.05) is 10.0 Å². The van der Waals surface area contributed by atoms with Crippen LogP contribution in [0.5, 0.6) is 0 Å². The van der Waals surface area contributed by atoms with E-state index in [-0.39, 0.29) is 11.2 Å². The normalized spacial score (nSPS) is 11.8. The first-order chi connectivity index (χ1) is 9.86. The monoisotopic (exact) mass is 342 g/mol. The molecule has 2 aromatic carbocycles. The molecule has 21 heavy (non-hydrogen) atoms. The SMILES string of the molecule is CC(C)(C)c1ccc(C(=O)/C=C/c2cccc(Br)c2)cc1. The molecule has 0 bridgehead atoms. The Hall–Kier alpha value is -1.67. The van der Waals surface area contributed by atoms with Gasteiger partial charge in [-0.2, -0.15) is 0 Å². The van der Waals surface area contributed by atoms with E-state index in [1.807, 2.05) is 54.6 Å². The lowest BCUT2D eigenvalue weighted by molar-refractivity contribution is 0.104. The van der Waals surface area contributed by atoms with Crippen molar-refractivity contribution in [3.8, 4) is 0 Å². The van der Waals surface area contributed by atoms with Gasteiger partial charge < -0.3 is 0 Å². The Bertz CT molecular complexity index is 661. The molecule has 0 aliphatic heterocycles. The Kier molecular flexibility index (Phi) is 4.79. The second-order valence-electron chi connectivity index (χ2n) is 6.08. The number of carbonyl (C=O) groups is 1. The van der Waals surface area contributed by atoms with Gasteiger partial charge in [-0.25, -0.2) is 0 Å². The minimum absolute atomic E-state index is 0.0236. The first-order valence-corrected chi connectivity index (χ1v) is 7.74. The van der Waals surface area contributed by atoms with Crippen molar-refractivity contribution in [2.24, 2.45) is 0 Å². The van der Waals surface area contributed by atoms with Gasteiger partial charge in [-0.15, -0.1) is 0 Å². The van der Waals surface area contributed by atoms with E-state index in [0.29, 0.717) is 5.56 Å². The molecule has 0 aliphatic rings. The predicted octanol–water partition coefficient (Wildman–Crippen LogP) is 5.64. The summed E-state index contributed by atoms with van der Waals surface area (Å²) in [5, 5.41) is 0. The van der Waals surface area contributed by atoms with Crippen LogP contribution in [0.25, 0.3) is 6.08 Å². The van der Waals surface area contributed by atoms with Gasteiger partial charge in [0.05, 0.1) is 0 Å². The number of carbonyl (C=O) groups excluding carboxylic acids is 1. The smallest absolute Gasteiger partial charge is 0.185 e. The summed E-state index contributed by atoms with van der Waals surface area (Å²) >= 11 is 3.42. The summed E-state index contributed by atoms with van der Waals surface area (Å²) in [6.07, 6.45) is 3.46. The van der Waals surface area contributed by atoms with Crippen LogP contribution in [0.4, 0.5) is 0 Å². The lowest BCUT2D eigenvalue weighted by Crippen LogP contribution is -2.11. The quantitative estimate of drug-likeness (QED) is 0.520. The van der Waals surface area contributed by atoms with Crippen LogP contribution in [-0.2, 0) is 5.41 Å². The molecule has 0 radical (unpaired) electrons. The van der Waals surface area contributed by atoms with Crippen molar-refractivity contribution in [1.29, 1.82) is 0 Å². The zero-order valence-electron chi connectivity index (χ0n) is 12.6. The van der Waals surface area contributed by atoms with Gasteiger partial charge in [-0.05, 0) is 34.8 Å². The van der Waals surface area contributed by atoms with Crippen molar-refractivity contribution in [3.05, 3.63) is 75.8 Å². The zero-order chi connectivity index (χ0) is 15.5. The van der Waals surface area contributed by atoms with Crippen LogP contribution in [0.1, 0.15) is 42.3 Å². The molecular formula is C19H19BrO. The molecule has 0 aromatic heterocycles. The van der Waals surface area contributed by atoms with Crippen molar-refractivity contribution in [2.45, 2.75) is 26.2 Å². The summed E-state index contributed by atoms with van der Waals surface area (Å²) in [6.45, 7) is 6.49. The lowest BCUT2D eigenvalue weighted by atomic mass is 9.86. The Labute approximate surface area is 134 Å². The number of allylic oxidation sites excluding steroid dienone is 1. The van der Waals surface area contributed by atoms with E-state index in [2.05, 4.69) is 36.7 Å². The first kappa shape index (κ1) is 15.7. The highest BCUT2D eigenvalue weighted by molar-refractivity contribution is 9.10. The van der Waals surface area contributed by atoms with Crippen molar-refractivity contribution in [3.63, 3.8) is 0 Å². The van der Waals surface area contributed by atoms with Crippen molar-refractivity contribution in [2.75, 3.05) is 0 Å². The number of hydrogen-bond donors (Lipinski definition) is 0. The number of hydrogen-bond acceptors (Lipinski definition) is 1. The van der Waals surface area contributed by atoms with Crippen molar-refractivity contribution >= 4 is 27.8 Å². The van der Waals surface area contributed by atoms with E-state index in [9.17, 15) is 4.79 Å². The van der Waals surface area contributed by atoms with Gasteiger partial charge in [-0.1, -0.05) is 79.2 Å². The predicted molar refractivity (Wildman–Crippen MR) is 92.6 cm³/mol. The summed E-state index contributed by atoms with van der Waals surface area (Å²) < 4.78 is 1.01. The Morgan fingerprint density at radius 1 is 1.05 bits per heavy atom. The van der Waals surface area contributed by atoms with E-state index in [4.69, 9.17) is 0 Å². The highest BCUT2D eigenvalue weighted by Gasteiger charge is 2.13. The zero-order valence-corrected chi connectivity index (χ0v) is 14.1. The fourth-order valence-corrected chi connectivity index (χ4v) is 2.43. The van der Waals surface area contributed by atoms with Crippen LogP contribution in [0, 0.1) is 0 Å². The summed E-state index contributed by atoms with van der Waals surface area (Å²) in [5.74, 6) is 0.0236. The van der Waals surface area contributed by atoms with Gasteiger partial charge in [0.15, 0.2) is 5.78 Å². The number of ketones is 1. The maximum absolute atomic E-state index is 12.2. The van der Waals surface area contributed by atoms with Crippen LogP contribution in [0.15, 0.2) is 59.1 Å². The van der Waals surface area contributed by atoms with Crippen LogP contribution < -0.4 is 0 Å². The maximum atomic E-state index is 12.2. The first-order valence-electron chi connectivity index (χ1n) is 6.95. The van der Waals surface area contributed by atoms with Gasteiger partial charge in [0.25, 0.3) is 0 Å². The molecule has 1 nitrogen and oxygen atoms in total. The molecule has 0 heterocycles. The minimum atomic E-state index is 0.0236. The topological polar surface area (TPSA) is 17.1 Å². The van der Waals surface area contributed by atoms with Gasteiger partial charge >= 0.3 is 0 Å². The second kappa shape index (κ2) is 6.40. The van der Waals surface area contributed by atoms with Gasteiger partial charge in [-0.3, -0.25) is 4.79 Å². The van der Waals surface area contributed by atoms with Gasteiger partial charge in [0.1, 0.15) is 0 Å². The van der Waals surface area contributed by atoms with E-state index in [0.717, 1.165) is 10.0 Å². The molecule has 0 aliphatic carbocycles. The third kappa shape index (κ3) is 4.40. The summed E-state index contributed by atoms with van der Waals surface area (Å²) in [7, 11) is 0. The van der Waals surface area contributed by atoms with Crippen molar-refractivity contribution in [1.82, 2.24) is 0 Å². The fraction of sp³-hybridized carbons (Fsp3) is 0.211.